The SMILES string of the molecule is CCNCCCCCN1C(=O)CC(C(C)(C)CC)C1=O. The van der Waals surface area contributed by atoms with Gasteiger partial charge >= 0.3 is 0 Å². The molecule has 0 aromatic rings. The minimum atomic E-state index is -0.123. The standard InChI is InChI=1S/C16H30N2O2/c1-5-16(3,4)13-12-14(19)18(15(13)20)11-9-7-8-10-17-6-2/h13,17H,5-12H2,1-4H3. The van der Waals surface area contributed by atoms with Crippen molar-refractivity contribution in [1.29, 1.82) is 0 Å². The monoisotopic (exact) mass is 282 g/mol. The fourth-order valence-corrected chi connectivity index (χ4v) is 2.65. The minimum absolute atomic E-state index is 0.0215. The Bertz CT molecular complexity index is 339. The van der Waals surface area contributed by atoms with Gasteiger partial charge in [-0.2, -0.15) is 0 Å². The van der Waals surface area contributed by atoms with Crippen molar-refractivity contribution in [2.75, 3.05) is 19.6 Å². The van der Waals surface area contributed by atoms with Crippen LogP contribution in [0.2, 0.25) is 0 Å². The number of amides is 2. The number of carbonyl (C=O) groups excluding carboxylic acids is 2. The van der Waals surface area contributed by atoms with Crippen LogP contribution < -0.4 is 5.32 Å². The summed E-state index contributed by atoms with van der Waals surface area (Å²) in [6, 6.07) is 0. The maximum Gasteiger partial charge on any atom is 0.233 e. The molecule has 1 N–H and O–H groups in total. The summed E-state index contributed by atoms with van der Waals surface area (Å²) in [5.41, 5.74) is -0.0768. The van der Waals surface area contributed by atoms with E-state index in [-0.39, 0.29) is 23.1 Å². The van der Waals surface area contributed by atoms with E-state index in [9.17, 15) is 9.59 Å². The lowest BCUT2D eigenvalue weighted by molar-refractivity contribution is -0.140. The molecule has 4 nitrogen and oxygen atoms in total. The van der Waals surface area contributed by atoms with E-state index in [0.29, 0.717) is 13.0 Å². The zero-order valence-corrected chi connectivity index (χ0v) is 13.5. The molecule has 1 saturated heterocycles. The predicted octanol–water partition coefficient (Wildman–Crippen LogP) is 2.58. The first-order valence-corrected chi connectivity index (χ1v) is 7.99. The quantitative estimate of drug-likeness (QED) is 0.522. The topological polar surface area (TPSA) is 49.4 Å². The van der Waals surface area contributed by atoms with Crippen LogP contribution in [0.25, 0.3) is 0 Å². The fraction of sp³-hybridized carbons (Fsp3) is 0.875. The van der Waals surface area contributed by atoms with E-state index in [1.54, 1.807) is 0 Å². The minimum Gasteiger partial charge on any atom is -0.317 e. The molecule has 0 saturated carbocycles. The van der Waals surface area contributed by atoms with Crippen LogP contribution >= 0.6 is 0 Å². The number of imide groups is 1. The number of nitrogens with one attached hydrogen (secondary N) is 1. The molecule has 1 heterocycles. The van der Waals surface area contributed by atoms with Gasteiger partial charge in [0.25, 0.3) is 0 Å². The van der Waals surface area contributed by atoms with E-state index in [1.807, 2.05) is 0 Å². The number of rotatable bonds is 9. The summed E-state index contributed by atoms with van der Waals surface area (Å²) in [5, 5.41) is 3.28. The molecule has 116 valence electrons. The molecule has 20 heavy (non-hydrogen) atoms. The first-order chi connectivity index (χ1) is 9.44. The molecular weight excluding hydrogens is 252 g/mol. The van der Waals surface area contributed by atoms with Crippen molar-refractivity contribution in [3.8, 4) is 0 Å². The average Bonchev–Trinajstić information content (AvgIpc) is 2.70. The lowest BCUT2D eigenvalue weighted by atomic mass is 9.76. The largest absolute Gasteiger partial charge is 0.317 e. The zero-order valence-electron chi connectivity index (χ0n) is 13.5. The summed E-state index contributed by atoms with van der Waals surface area (Å²) >= 11 is 0. The fourth-order valence-electron chi connectivity index (χ4n) is 2.65. The number of carbonyl (C=O) groups is 2. The third-order valence-electron chi connectivity index (χ3n) is 4.58. The van der Waals surface area contributed by atoms with Crippen LogP contribution in [0.1, 0.15) is 59.8 Å². The van der Waals surface area contributed by atoms with Crippen molar-refractivity contribution in [1.82, 2.24) is 10.2 Å². The van der Waals surface area contributed by atoms with E-state index in [0.717, 1.165) is 38.8 Å². The first-order valence-electron chi connectivity index (χ1n) is 7.99. The summed E-state index contributed by atoms with van der Waals surface area (Å²) in [4.78, 5) is 25.9. The van der Waals surface area contributed by atoms with Gasteiger partial charge in [-0.15, -0.1) is 0 Å². The van der Waals surface area contributed by atoms with Crippen LogP contribution in [0.4, 0.5) is 0 Å². The van der Waals surface area contributed by atoms with Gasteiger partial charge in [-0.25, -0.2) is 0 Å². The van der Waals surface area contributed by atoms with E-state index >= 15 is 0 Å². The van der Waals surface area contributed by atoms with Crippen molar-refractivity contribution in [2.24, 2.45) is 11.3 Å². The lowest BCUT2D eigenvalue weighted by Gasteiger charge is -2.28. The highest BCUT2D eigenvalue weighted by atomic mass is 16.2. The van der Waals surface area contributed by atoms with Gasteiger partial charge in [-0.05, 0) is 31.3 Å². The Labute approximate surface area is 123 Å². The molecule has 1 aliphatic heterocycles. The second-order valence-corrected chi connectivity index (χ2v) is 6.40. The Balaban J connectivity index is 2.40. The highest BCUT2D eigenvalue weighted by Crippen LogP contribution is 2.38. The van der Waals surface area contributed by atoms with Crippen LogP contribution in [-0.2, 0) is 9.59 Å². The highest BCUT2D eigenvalue weighted by Gasteiger charge is 2.45. The molecule has 1 fully saturated rings. The predicted molar refractivity (Wildman–Crippen MR) is 81.3 cm³/mol. The molecule has 0 radical (unpaired) electrons. The average molecular weight is 282 g/mol. The van der Waals surface area contributed by atoms with Crippen molar-refractivity contribution in [3.63, 3.8) is 0 Å². The molecule has 4 heteroatoms. The third kappa shape index (κ3) is 4.30. The van der Waals surface area contributed by atoms with E-state index in [1.165, 1.54) is 4.90 Å². The van der Waals surface area contributed by atoms with Gasteiger partial charge in [0.2, 0.25) is 11.8 Å². The number of unbranched alkanes of at least 4 members (excludes halogenated alkanes) is 2. The van der Waals surface area contributed by atoms with Crippen LogP contribution in [0, 0.1) is 11.3 Å². The van der Waals surface area contributed by atoms with Crippen molar-refractivity contribution >= 4 is 11.8 Å². The second-order valence-electron chi connectivity index (χ2n) is 6.40. The lowest BCUT2D eigenvalue weighted by Crippen LogP contribution is -2.35. The summed E-state index contributed by atoms with van der Waals surface area (Å²) in [6.45, 7) is 11.0. The van der Waals surface area contributed by atoms with Crippen LogP contribution in [0.15, 0.2) is 0 Å². The van der Waals surface area contributed by atoms with E-state index in [4.69, 9.17) is 0 Å². The van der Waals surface area contributed by atoms with Gasteiger partial charge < -0.3 is 5.32 Å². The summed E-state index contributed by atoms with van der Waals surface area (Å²) in [7, 11) is 0. The Morgan fingerprint density at radius 2 is 1.90 bits per heavy atom. The smallest absolute Gasteiger partial charge is 0.233 e. The molecule has 0 aliphatic carbocycles. The molecule has 1 rings (SSSR count). The molecule has 0 bridgehead atoms. The van der Waals surface area contributed by atoms with Crippen LogP contribution in [0.5, 0.6) is 0 Å². The van der Waals surface area contributed by atoms with Crippen molar-refractivity contribution < 1.29 is 9.59 Å². The molecular formula is C16H30N2O2. The maximum atomic E-state index is 12.4. The van der Waals surface area contributed by atoms with Crippen LogP contribution in [-0.4, -0.2) is 36.3 Å². The van der Waals surface area contributed by atoms with Gasteiger partial charge in [0, 0.05) is 13.0 Å². The van der Waals surface area contributed by atoms with Gasteiger partial charge in [0.1, 0.15) is 0 Å². The van der Waals surface area contributed by atoms with Crippen molar-refractivity contribution in [2.45, 2.75) is 59.8 Å². The Hall–Kier alpha value is -0.900. The van der Waals surface area contributed by atoms with Gasteiger partial charge in [-0.3, -0.25) is 14.5 Å². The van der Waals surface area contributed by atoms with Gasteiger partial charge in [0.05, 0.1) is 5.92 Å². The van der Waals surface area contributed by atoms with Gasteiger partial charge in [0.15, 0.2) is 0 Å². The molecule has 1 unspecified atom stereocenters. The van der Waals surface area contributed by atoms with Crippen molar-refractivity contribution in [3.05, 3.63) is 0 Å². The Kier molecular flexibility index (Phi) is 6.66. The van der Waals surface area contributed by atoms with E-state index in [2.05, 4.69) is 33.0 Å². The summed E-state index contributed by atoms with van der Waals surface area (Å²) in [5.74, 6) is -0.0523. The van der Waals surface area contributed by atoms with Crippen LogP contribution in [0.3, 0.4) is 0 Å². The number of hydrogen-bond acceptors (Lipinski definition) is 3. The maximum absolute atomic E-state index is 12.4. The third-order valence-corrected chi connectivity index (χ3v) is 4.58. The molecule has 1 atom stereocenters. The summed E-state index contributed by atoms with van der Waals surface area (Å²) in [6.07, 6.45) is 4.41. The molecule has 0 aromatic carbocycles. The first kappa shape index (κ1) is 17.2. The Morgan fingerprint density at radius 1 is 1.20 bits per heavy atom. The molecule has 2 amide bonds. The normalized spacial score (nSPS) is 20.0. The number of hydrogen-bond donors (Lipinski definition) is 1. The number of nitrogens with zero attached hydrogens (tertiary/aromatic N) is 1. The highest BCUT2D eigenvalue weighted by molar-refractivity contribution is 6.03. The number of likely N-dealkylation sites (tertiary alicyclic amines) is 1. The van der Waals surface area contributed by atoms with E-state index < -0.39 is 0 Å². The second kappa shape index (κ2) is 7.77. The zero-order chi connectivity index (χ0) is 15.2. The Morgan fingerprint density at radius 3 is 2.50 bits per heavy atom. The van der Waals surface area contributed by atoms with Gasteiger partial charge in [-0.1, -0.05) is 40.5 Å². The molecule has 1 aliphatic rings. The summed E-state index contributed by atoms with van der Waals surface area (Å²) < 4.78 is 0. The molecule has 0 aromatic heterocycles. The molecule has 0 spiro atoms.